The fourth-order valence-electron chi connectivity index (χ4n) is 1.93. The Morgan fingerprint density at radius 2 is 2.06 bits per heavy atom. The number of fused-ring (bicyclic) bond motifs is 1. The number of rotatable bonds is 1. The number of hydrogen-bond donors (Lipinski definition) is 2. The van der Waals surface area contributed by atoms with E-state index in [0.717, 1.165) is 26.4 Å². The molecule has 0 unspecified atom stereocenters. The van der Waals surface area contributed by atoms with Gasteiger partial charge in [-0.1, -0.05) is 12.1 Å². The molecule has 1 heterocycles. The molecule has 0 bridgehead atoms. The molecule has 0 fully saturated rings. The van der Waals surface area contributed by atoms with E-state index < -0.39 is 0 Å². The summed E-state index contributed by atoms with van der Waals surface area (Å²) < 4.78 is 1.13. The Balaban J connectivity index is 2.23. The molecule has 0 atom stereocenters. The van der Waals surface area contributed by atoms with E-state index in [2.05, 4.69) is 4.98 Å². The molecule has 0 aliphatic carbocycles. The van der Waals surface area contributed by atoms with Gasteiger partial charge in [0.05, 0.1) is 15.8 Å². The SMILES string of the molecule is Cc1cccc2sc(-c3ccc(N)cc3O)nc12. The van der Waals surface area contributed by atoms with Gasteiger partial charge < -0.3 is 10.8 Å². The Hall–Kier alpha value is -2.07. The largest absolute Gasteiger partial charge is 0.507 e. The number of para-hydroxylation sites is 1. The van der Waals surface area contributed by atoms with Gasteiger partial charge in [-0.05, 0) is 30.7 Å². The lowest BCUT2D eigenvalue weighted by atomic mass is 10.2. The maximum absolute atomic E-state index is 9.93. The fourth-order valence-corrected chi connectivity index (χ4v) is 3.01. The summed E-state index contributed by atoms with van der Waals surface area (Å²) in [6.07, 6.45) is 0. The average molecular weight is 256 g/mol. The zero-order valence-electron chi connectivity index (χ0n) is 9.84. The first kappa shape index (κ1) is 11.0. The molecule has 0 aliphatic heterocycles. The van der Waals surface area contributed by atoms with Crippen LogP contribution in [-0.4, -0.2) is 10.1 Å². The summed E-state index contributed by atoms with van der Waals surface area (Å²) in [7, 11) is 0. The van der Waals surface area contributed by atoms with Gasteiger partial charge in [-0.2, -0.15) is 0 Å². The summed E-state index contributed by atoms with van der Waals surface area (Å²) in [6, 6.07) is 11.2. The lowest BCUT2D eigenvalue weighted by Gasteiger charge is -2.01. The number of aromatic nitrogens is 1. The van der Waals surface area contributed by atoms with Crippen LogP contribution in [0, 0.1) is 6.92 Å². The number of nitrogens with two attached hydrogens (primary N) is 1. The second-order valence-electron chi connectivity index (χ2n) is 4.22. The van der Waals surface area contributed by atoms with Crippen LogP contribution in [0.1, 0.15) is 5.56 Å². The molecule has 0 amide bonds. The van der Waals surface area contributed by atoms with Crippen LogP contribution in [0.4, 0.5) is 5.69 Å². The number of phenols is 1. The molecule has 3 N–H and O–H groups in total. The average Bonchev–Trinajstić information content (AvgIpc) is 2.74. The maximum Gasteiger partial charge on any atom is 0.128 e. The topological polar surface area (TPSA) is 59.1 Å². The van der Waals surface area contributed by atoms with Crippen molar-refractivity contribution in [3.05, 3.63) is 42.0 Å². The number of nitrogen functional groups attached to an aromatic ring is 1. The van der Waals surface area contributed by atoms with Crippen molar-refractivity contribution >= 4 is 27.2 Å². The lowest BCUT2D eigenvalue weighted by molar-refractivity contribution is 0.477. The summed E-state index contributed by atoms with van der Waals surface area (Å²) in [5.41, 5.74) is 9.04. The summed E-state index contributed by atoms with van der Waals surface area (Å²) in [5.74, 6) is 0.173. The molecule has 0 saturated carbocycles. The Morgan fingerprint density at radius 3 is 2.78 bits per heavy atom. The van der Waals surface area contributed by atoms with Crippen molar-refractivity contribution in [2.75, 3.05) is 5.73 Å². The highest BCUT2D eigenvalue weighted by molar-refractivity contribution is 7.21. The van der Waals surface area contributed by atoms with Crippen molar-refractivity contribution in [1.29, 1.82) is 0 Å². The Morgan fingerprint density at radius 1 is 1.22 bits per heavy atom. The molecule has 3 nitrogen and oxygen atoms in total. The van der Waals surface area contributed by atoms with Crippen molar-refractivity contribution in [3.63, 3.8) is 0 Å². The number of nitrogens with zero attached hydrogens (tertiary/aromatic N) is 1. The molecule has 0 aliphatic rings. The third kappa shape index (κ3) is 1.71. The van der Waals surface area contributed by atoms with Crippen molar-refractivity contribution in [3.8, 4) is 16.3 Å². The lowest BCUT2D eigenvalue weighted by Crippen LogP contribution is -1.85. The quantitative estimate of drug-likeness (QED) is 0.654. The molecular weight excluding hydrogens is 244 g/mol. The minimum absolute atomic E-state index is 0.173. The molecule has 3 rings (SSSR count). The monoisotopic (exact) mass is 256 g/mol. The fraction of sp³-hybridized carbons (Fsp3) is 0.0714. The van der Waals surface area contributed by atoms with Crippen LogP contribution in [0.15, 0.2) is 36.4 Å². The molecule has 3 aromatic rings. The van der Waals surface area contributed by atoms with Crippen molar-refractivity contribution < 1.29 is 5.11 Å². The number of phenolic OH excluding ortho intramolecular Hbond substituents is 1. The van der Waals surface area contributed by atoms with Gasteiger partial charge in [0, 0.05) is 11.8 Å². The van der Waals surface area contributed by atoms with Crippen molar-refractivity contribution in [1.82, 2.24) is 4.98 Å². The van der Waals surface area contributed by atoms with Crippen LogP contribution in [0.25, 0.3) is 20.8 Å². The third-order valence-electron chi connectivity index (χ3n) is 2.87. The number of benzene rings is 2. The highest BCUT2D eigenvalue weighted by Gasteiger charge is 2.11. The van der Waals surface area contributed by atoms with Crippen molar-refractivity contribution in [2.45, 2.75) is 6.92 Å². The standard InChI is InChI=1S/C14H12N2OS/c1-8-3-2-4-12-13(8)16-14(18-12)10-6-5-9(15)7-11(10)17/h2-7,17H,15H2,1H3. The normalized spacial score (nSPS) is 10.9. The van der Waals surface area contributed by atoms with Crippen LogP contribution < -0.4 is 5.73 Å². The van der Waals surface area contributed by atoms with E-state index in [-0.39, 0.29) is 5.75 Å². The minimum Gasteiger partial charge on any atom is -0.507 e. The molecule has 18 heavy (non-hydrogen) atoms. The second kappa shape index (κ2) is 3.99. The number of aryl methyl sites for hydroxylation is 1. The number of hydrogen-bond acceptors (Lipinski definition) is 4. The molecule has 0 spiro atoms. The maximum atomic E-state index is 9.93. The highest BCUT2D eigenvalue weighted by Crippen LogP contribution is 2.36. The zero-order valence-corrected chi connectivity index (χ0v) is 10.7. The van der Waals surface area contributed by atoms with Crippen LogP contribution in [0.3, 0.4) is 0 Å². The summed E-state index contributed by atoms with van der Waals surface area (Å²) >= 11 is 1.57. The molecule has 2 aromatic carbocycles. The van der Waals surface area contributed by atoms with Gasteiger partial charge in [-0.3, -0.25) is 0 Å². The first-order valence-electron chi connectivity index (χ1n) is 5.60. The first-order chi connectivity index (χ1) is 8.65. The van der Waals surface area contributed by atoms with Gasteiger partial charge in [0.15, 0.2) is 0 Å². The summed E-state index contributed by atoms with van der Waals surface area (Å²) in [4.78, 5) is 4.59. The van der Waals surface area contributed by atoms with Gasteiger partial charge in [0.25, 0.3) is 0 Å². The Kier molecular flexibility index (Phi) is 2.45. The molecule has 0 radical (unpaired) electrons. The van der Waals surface area contributed by atoms with E-state index in [4.69, 9.17) is 5.73 Å². The van der Waals surface area contributed by atoms with Gasteiger partial charge in [0.1, 0.15) is 10.8 Å². The first-order valence-corrected chi connectivity index (χ1v) is 6.42. The van der Waals surface area contributed by atoms with E-state index in [1.54, 1.807) is 29.5 Å². The van der Waals surface area contributed by atoms with E-state index in [1.165, 1.54) is 0 Å². The van der Waals surface area contributed by atoms with E-state index in [0.29, 0.717) is 5.69 Å². The van der Waals surface area contributed by atoms with Gasteiger partial charge in [-0.25, -0.2) is 4.98 Å². The van der Waals surface area contributed by atoms with E-state index in [9.17, 15) is 5.11 Å². The summed E-state index contributed by atoms with van der Waals surface area (Å²) in [5, 5.41) is 10.7. The van der Waals surface area contributed by atoms with E-state index in [1.807, 2.05) is 25.1 Å². The predicted octanol–water partition coefficient (Wildman–Crippen LogP) is 3.56. The molecule has 0 saturated heterocycles. The number of aromatic hydroxyl groups is 1. The smallest absolute Gasteiger partial charge is 0.128 e. The van der Waals surface area contributed by atoms with Gasteiger partial charge in [-0.15, -0.1) is 11.3 Å². The van der Waals surface area contributed by atoms with Crippen LogP contribution in [0.2, 0.25) is 0 Å². The van der Waals surface area contributed by atoms with Crippen LogP contribution >= 0.6 is 11.3 Å². The van der Waals surface area contributed by atoms with E-state index >= 15 is 0 Å². The predicted molar refractivity (Wildman–Crippen MR) is 75.9 cm³/mol. The second-order valence-corrected chi connectivity index (χ2v) is 5.25. The highest BCUT2D eigenvalue weighted by atomic mass is 32.1. The van der Waals surface area contributed by atoms with Crippen LogP contribution in [0.5, 0.6) is 5.75 Å². The Labute approximate surface area is 109 Å². The summed E-state index contributed by atoms with van der Waals surface area (Å²) in [6.45, 7) is 2.04. The number of thiazole rings is 1. The third-order valence-corrected chi connectivity index (χ3v) is 3.93. The van der Waals surface area contributed by atoms with Gasteiger partial charge in [0.2, 0.25) is 0 Å². The molecule has 4 heteroatoms. The number of anilines is 1. The van der Waals surface area contributed by atoms with Crippen molar-refractivity contribution in [2.24, 2.45) is 0 Å². The molecule has 1 aromatic heterocycles. The molecule has 90 valence electrons. The van der Waals surface area contributed by atoms with Crippen LogP contribution in [-0.2, 0) is 0 Å². The molecular formula is C14H12N2OS. The Bertz CT molecular complexity index is 734. The minimum atomic E-state index is 0.173. The zero-order chi connectivity index (χ0) is 12.7. The van der Waals surface area contributed by atoms with Gasteiger partial charge >= 0.3 is 0 Å².